The monoisotopic (exact) mass is 363 g/mol. The molecule has 0 radical (unpaired) electrons. The average Bonchev–Trinajstić information content (AvgIpc) is 2.85. The summed E-state index contributed by atoms with van der Waals surface area (Å²) < 4.78 is 18.5. The predicted molar refractivity (Wildman–Crippen MR) is 92.9 cm³/mol. The van der Waals surface area contributed by atoms with Gasteiger partial charge in [-0.15, -0.1) is 0 Å². The van der Waals surface area contributed by atoms with Crippen LogP contribution in [0.2, 0.25) is 5.02 Å². The van der Waals surface area contributed by atoms with Gasteiger partial charge in [-0.1, -0.05) is 29.8 Å². The first-order valence-corrected chi connectivity index (χ1v) is 8.06. The van der Waals surface area contributed by atoms with Crippen LogP contribution in [-0.2, 0) is 4.79 Å². The molecule has 0 atom stereocenters. The fourth-order valence-corrected chi connectivity index (χ4v) is 3.25. The van der Waals surface area contributed by atoms with Gasteiger partial charge in [-0.3, -0.25) is 9.59 Å². The summed E-state index contributed by atoms with van der Waals surface area (Å²) in [6.07, 6.45) is 1.59. The van der Waals surface area contributed by atoms with Gasteiger partial charge >= 0.3 is 0 Å². The number of carbonyl (C=O) groups excluding carboxylic acids is 2. The van der Waals surface area contributed by atoms with E-state index in [1.165, 1.54) is 19.2 Å². The van der Waals surface area contributed by atoms with Gasteiger partial charge in [-0.05, 0) is 42.1 Å². The molecule has 7 heteroatoms. The van der Waals surface area contributed by atoms with Gasteiger partial charge in [-0.2, -0.15) is 0 Å². The zero-order valence-corrected chi connectivity index (χ0v) is 14.0. The molecule has 0 unspecified atom stereocenters. The third-order valence-electron chi connectivity index (χ3n) is 3.38. The second kappa shape index (κ2) is 6.67. The van der Waals surface area contributed by atoms with Gasteiger partial charge in [0.2, 0.25) is 0 Å². The number of para-hydroxylation sites is 1. The maximum Gasteiger partial charge on any atom is 0.298 e. The molecule has 0 bridgehead atoms. The SMILES string of the molecule is COc1ccccc1/C=C1\SC(=O)N(c2ccc(F)c(Cl)c2)C1=O. The average molecular weight is 364 g/mol. The highest BCUT2D eigenvalue weighted by molar-refractivity contribution is 8.19. The van der Waals surface area contributed by atoms with E-state index in [0.717, 1.165) is 22.7 Å². The zero-order chi connectivity index (χ0) is 17.3. The fraction of sp³-hybridized carbons (Fsp3) is 0.0588. The number of amides is 2. The van der Waals surface area contributed by atoms with Crippen molar-refractivity contribution in [1.82, 2.24) is 0 Å². The molecule has 4 nitrogen and oxygen atoms in total. The van der Waals surface area contributed by atoms with E-state index in [9.17, 15) is 14.0 Å². The molecule has 1 aliphatic heterocycles. The van der Waals surface area contributed by atoms with E-state index in [4.69, 9.17) is 16.3 Å². The lowest BCUT2D eigenvalue weighted by Gasteiger charge is -2.12. The van der Waals surface area contributed by atoms with Crippen molar-refractivity contribution in [2.75, 3.05) is 12.0 Å². The fourth-order valence-electron chi connectivity index (χ4n) is 2.24. The number of nitrogens with zero attached hydrogens (tertiary/aromatic N) is 1. The van der Waals surface area contributed by atoms with Crippen molar-refractivity contribution in [2.24, 2.45) is 0 Å². The normalized spacial score (nSPS) is 16.1. The van der Waals surface area contributed by atoms with Crippen molar-refractivity contribution < 1.29 is 18.7 Å². The molecule has 1 aliphatic rings. The number of hydrogen-bond donors (Lipinski definition) is 0. The highest BCUT2D eigenvalue weighted by Crippen LogP contribution is 2.37. The Morgan fingerprint density at radius 1 is 1.21 bits per heavy atom. The molecule has 0 saturated carbocycles. The number of carbonyl (C=O) groups is 2. The van der Waals surface area contributed by atoms with Crippen molar-refractivity contribution >= 4 is 46.3 Å². The summed E-state index contributed by atoms with van der Waals surface area (Å²) in [5.74, 6) is -0.510. The highest BCUT2D eigenvalue weighted by atomic mass is 35.5. The van der Waals surface area contributed by atoms with Gasteiger partial charge in [0.25, 0.3) is 11.1 Å². The Bertz CT molecular complexity index is 869. The minimum absolute atomic E-state index is 0.153. The number of ether oxygens (including phenoxy) is 1. The Labute approximate surface area is 146 Å². The van der Waals surface area contributed by atoms with Gasteiger partial charge in [0.15, 0.2) is 0 Å². The molecule has 24 heavy (non-hydrogen) atoms. The predicted octanol–water partition coefficient (Wildman–Crippen LogP) is 4.73. The van der Waals surface area contributed by atoms with E-state index >= 15 is 0 Å². The molecule has 1 heterocycles. The van der Waals surface area contributed by atoms with Gasteiger partial charge in [-0.25, -0.2) is 9.29 Å². The highest BCUT2D eigenvalue weighted by Gasteiger charge is 2.36. The quantitative estimate of drug-likeness (QED) is 0.740. The third-order valence-corrected chi connectivity index (χ3v) is 4.54. The van der Waals surface area contributed by atoms with Crippen LogP contribution >= 0.6 is 23.4 Å². The smallest absolute Gasteiger partial charge is 0.298 e. The molecule has 0 spiro atoms. The molecule has 2 aromatic carbocycles. The molecule has 1 saturated heterocycles. The summed E-state index contributed by atoms with van der Waals surface area (Å²) >= 11 is 6.54. The Kier molecular flexibility index (Phi) is 4.59. The van der Waals surface area contributed by atoms with Crippen molar-refractivity contribution in [3.05, 3.63) is 63.8 Å². The maximum absolute atomic E-state index is 13.3. The molecule has 1 fully saturated rings. The molecule has 2 aromatic rings. The van der Waals surface area contributed by atoms with Gasteiger partial charge in [0.05, 0.1) is 22.7 Å². The molecule has 122 valence electrons. The first-order chi connectivity index (χ1) is 11.5. The molecule has 0 aromatic heterocycles. The largest absolute Gasteiger partial charge is 0.496 e. The Morgan fingerprint density at radius 2 is 1.96 bits per heavy atom. The van der Waals surface area contributed by atoms with Crippen LogP contribution in [0.5, 0.6) is 5.75 Å². The topological polar surface area (TPSA) is 46.6 Å². The lowest BCUT2D eigenvalue weighted by Crippen LogP contribution is -2.27. The van der Waals surface area contributed by atoms with Crippen LogP contribution < -0.4 is 9.64 Å². The minimum atomic E-state index is -0.614. The summed E-state index contributed by atoms with van der Waals surface area (Å²) in [5.41, 5.74) is 0.912. The van der Waals surface area contributed by atoms with E-state index in [-0.39, 0.29) is 15.6 Å². The van der Waals surface area contributed by atoms with E-state index < -0.39 is 17.0 Å². The molecule has 0 aliphatic carbocycles. The number of benzene rings is 2. The lowest BCUT2D eigenvalue weighted by atomic mass is 10.2. The number of thioether (sulfide) groups is 1. The van der Waals surface area contributed by atoms with Gasteiger partial charge in [0, 0.05) is 5.56 Å². The first kappa shape index (κ1) is 16.5. The summed E-state index contributed by atoms with van der Waals surface area (Å²) in [4.78, 5) is 26.0. The zero-order valence-electron chi connectivity index (χ0n) is 12.5. The minimum Gasteiger partial charge on any atom is -0.496 e. The van der Waals surface area contributed by atoms with Crippen molar-refractivity contribution in [3.63, 3.8) is 0 Å². The molecule has 3 rings (SSSR count). The van der Waals surface area contributed by atoms with Crippen LogP contribution in [0.25, 0.3) is 6.08 Å². The van der Waals surface area contributed by atoms with Crippen molar-refractivity contribution in [3.8, 4) is 5.75 Å². The van der Waals surface area contributed by atoms with E-state index in [0.29, 0.717) is 11.3 Å². The Hall–Kier alpha value is -2.31. The molecule has 2 amide bonds. The van der Waals surface area contributed by atoms with Crippen LogP contribution in [-0.4, -0.2) is 18.3 Å². The lowest BCUT2D eigenvalue weighted by molar-refractivity contribution is -0.113. The van der Waals surface area contributed by atoms with Crippen LogP contribution in [0.3, 0.4) is 0 Å². The van der Waals surface area contributed by atoms with E-state index in [1.807, 2.05) is 6.07 Å². The number of anilines is 1. The summed E-state index contributed by atoms with van der Waals surface area (Å²) in [5, 5.41) is -0.621. The Balaban J connectivity index is 1.97. The van der Waals surface area contributed by atoms with E-state index in [1.54, 1.807) is 24.3 Å². The third kappa shape index (κ3) is 3.02. The number of rotatable bonds is 3. The van der Waals surface area contributed by atoms with Crippen LogP contribution in [0.4, 0.5) is 14.9 Å². The maximum atomic E-state index is 13.3. The summed E-state index contributed by atoms with van der Waals surface area (Å²) in [6.45, 7) is 0. The van der Waals surface area contributed by atoms with Crippen LogP contribution in [0, 0.1) is 5.82 Å². The van der Waals surface area contributed by atoms with E-state index in [2.05, 4.69) is 0 Å². The van der Waals surface area contributed by atoms with Crippen LogP contribution in [0.15, 0.2) is 47.4 Å². The summed E-state index contributed by atoms with van der Waals surface area (Å²) in [7, 11) is 1.53. The number of hydrogen-bond acceptors (Lipinski definition) is 4. The standard InChI is InChI=1S/C17H11ClFNO3S/c1-23-14-5-3-2-4-10(14)8-15-16(21)20(17(22)24-15)11-6-7-13(19)12(18)9-11/h2-9H,1H3/b15-8-. The summed E-state index contributed by atoms with van der Waals surface area (Å²) in [6, 6.07) is 10.9. The van der Waals surface area contributed by atoms with Gasteiger partial charge in [0.1, 0.15) is 11.6 Å². The molecular formula is C17H11ClFNO3S. The van der Waals surface area contributed by atoms with Gasteiger partial charge < -0.3 is 4.74 Å². The first-order valence-electron chi connectivity index (χ1n) is 6.87. The number of methoxy groups -OCH3 is 1. The molecular weight excluding hydrogens is 353 g/mol. The van der Waals surface area contributed by atoms with Crippen LogP contribution in [0.1, 0.15) is 5.56 Å². The second-order valence-corrected chi connectivity index (χ2v) is 6.26. The second-order valence-electron chi connectivity index (χ2n) is 4.86. The number of imide groups is 1. The Morgan fingerprint density at radius 3 is 2.67 bits per heavy atom. The van der Waals surface area contributed by atoms with Crippen molar-refractivity contribution in [1.29, 1.82) is 0 Å². The van der Waals surface area contributed by atoms with Crippen molar-refractivity contribution in [2.45, 2.75) is 0 Å². The number of halogens is 2. The molecule has 0 N–H and O–H groups in total.